The molecule has 0 aliphatic heterocycles. The number of nitrogens with zero attached hydrogens (tertiary/aromatic N) is 1. The maximum atomic E-state index is 11.8. The Balaban J connectivity index is 2.48. The zero-order valence-electron chi connectivity index (χ0n) is 10.7. The number of rotatable bonds is 7. The first-order valence-electron chi connectivity index (χ1n) is 5.96. The van der Waals surface area contributed by atoms with Crippen LogP contribution >= 0.6 is 0 Å². The maximum absolute atomic E-state index is 11.8. The van der Waals surface area contributed by atoms with E-state index in [0.717, 1.165) is 11.3 Å². The number of hydrogen-bond donors (Lipinski definition) is 2. The van der Waals surface area contributed by atoms with Crippen LogP contribution in [0.5, 0.6) is 0 Å². The highest BCUT2D eigenvalue weighted by Crippen LogP contribution is 2.08. The van der Waals surface area contributed by atoms with Gasteiger partial charge >= 0.3 is 0 Å². The number of nitrogens with one attached hydrogen (secondary N) is 1. The van der Waals surface area contributed by atoms with E-state index in [9.17, 15) is 4.79 Å². The van der Waals surface area contributed by atoms with Gasteiger partial charge in [-0.05, 0) is 19.1 Å². The number of aliphatic hydroxyl groups is 1. The quantitative estimate of drug-likeness (QED) is 0.717. The third-order valence-corrected chi connectivity index (χ3v) is 2.51. The first-order valence-corrected chi connectivity index (χ1v) is 5.96. The molecule has 1 rings (SSSR count). The summed E-state index contributed by atoms with van der Waals surface area (Å²) in [4.78, 5) is 13.6. The van der Waals surface area contributed by atoms with Gasteiger partial charge in [-0.3, -0.25) is 9.69 Å². The highest BCUT2D eigenvalue weighted by molar-refractivity contribution is 5.92. The summed E-state index contributed by atoms with van der Waals surface area (Å²) in [5, 5.41) is 11.7. The number of carbonyl (C=O) groups excluding carboxylic acids is 1. The molecule has 0 spiro atoms. The summed E-state index contributed by atoms with van der Waals surface area (Å²) in [6.07, 6.45) is 1.72. The van der Waals surface area contributed by atoms with Crippen molar-refractivity contribution in [2.24, 2.45) is 0 Å². The molecule has 1 aromatic rings. The third kappa shape index (κ3) is 5.12. The van der Waals surface area contributed by atoms with E-state index in [-0.39, 0.29) is 19.1 Å². The standard InChI is InChI=1S/C14H20N2O2/c1-3-8-16(9-10-17)11-14(18)15-13-6-4-12(2)5-7-13/h3-7,17H,1,8-11H2,2H3,(H,15,18). The Morgan fingerprint density at radius 1 is 1.44 bits per heavy atom. The van der Waals surface area contributed by atoms with Crippen LogP contribution in [0.15, 0.2) is 36.9 Å². The topological polar surface area (TPSA) is 52.6 Å². The van der Waals surface area contributed by atoms with Gasteiger partial charge in [0.2, 0.25) is 5.91 Å². The van der Waals surface area contributed by atoms with Gasteiger partial charge in [-0.25, -0.2) is 0 Å². The lowest BCUT2D eigenvalue weighted by atomic mass is 10.2. The summed E-state index contributed by atoms with van der Waals surface area (Å²) >= 11 is 0. The van der Waals surface area contributed by atoms with Crippen LogP contribution in [-0.2, 0) is 4.79 Å². The molecule has 0 saturated heterocycles. The summed E-state index contributed by atoms with van der Waals surface area (Å²) in [6.45, 7) is 6.96. The number of anilines is 1. The van der Waals surface area contributed by atoms with Crippen molar-refractivity contribution in [2.45, 2.75) is 6.92 Å². The van der Waals surface area contributed by atoms with Gasteiger partial charge in [-0.1, -0.05) is 23.8 Å². The summed E-state index contributed by atoms with van der Waals surface area (Å²) in [6, 6.07) is 7.64. The van der Waals surface area contributed by atoms with E-state index in [2.05, 4.69) is 11.9 Å². The molecule has 1 amide bonds. The van der Waals surface area contributed by atoms with Crippen molar-refractivity contribution in [1.29, 1.82) is 0 Å². The lowest BCUT2D eigenvalue weighted by Gasteiger charge is -2.18. The van der Waals surface area contributed by atoms with E-state index in [1.54, 1.807) is 6.08 Å². The second kappa shape index (κ2) is 7.63. The Bertz CT molecular complexity index is 387. The fourth-order valence-electron chi connectivity index (χ4n) is 1.60. The molecular formula is C14H20N2O2. The lowest BCUT2D eigenvalue weighted by molar-refractivity contribution is -0.117. The van der Waals surface area contributed by atoms with Crippen LogP contribution in [0, 0.1) is 6.92 Å². The average Bonchev–Trinajstić information content (AvgIpc) is 2.33. The SMILES string of the molecule is C=CCN(CCO)CC(=O)Nc1ccc(C)cc1. The van der Waals surface area contributed by atoms with E-state index in [1.165, 1.54) is 0 Å². The average molecular weight is 248 g/mol. The molecule has 0 unspecified atom stereocenters. The van der Waals surface area contributed by atoms with Crippen molar-refractivity contribution in [3.8, 4) is 0 Å². The maximum Gasteiger partial charge on any atom is 0.238 e. The second-order valence-corrected chi connectivity index (χ2v) is 4.16. The molecule has 4 nitrogen and oxygen atoms in total. The Kier molecular flexibility index (Phi) is 6.11. The van der Waals surface area contributed by atoms with Gasteiger partial charge in [-0.15, -0.1) is 6.58 Å². The Hall–Kier alpha value is -1.65. The zero-order chi connectivity index (χ0) is 13.4. The number of carbonyl (C=O) groups is 1. The first-order chi connectivity index (χ1) is 8.65. The molecule has 0 saturated carbocycles. The smallest absolute Gasteiger partial charge is 0.238 e. The minimum atomic E-state index is -0.0887. The van der Waals surface area contributed by atoms with Crippen molar-refractivity contribution in [2.75, 3.05) is 31.6 Å². The van der Waals surface area contributed by atoms with Gasteiger partial charge in [0.15, 0.2) is 0 Å². The molecule has 18 heavy (non-hydrogen) atoms. The summed E-state index contributed by atoms with van der Waals surface area (Å²) in [5.74, 6) is -0.0887. The van der Waals surface area contributed by atoms with Crippen LogP contribution in [0.1, 0.15) is 5.56 Å². The number of hydrogen-bond acceptors (Lipinski definition) is 3. The summed E-state index contributed by atoms with van der Waals surface area (Å²) in [7, 11) is 0. The first kappa shape index (κ1) is 14.4. The van der Waals surface area contributed by atoms with Crippen LogP contribution in [0.2, 0.25) is 0 Å². The zero-order valence-corrected chi connectivity index (χ0v) is 10.7. The highest BCUT2D eigenvalue weighted by Gasteiger charge is 2.08. The van der Waals surface area contributed by atoms with Gasteiger partial charge in [0.1, 0.15) is 0 Å². The summed E-state index contributed by atoms with van der Waals surface area (Å²) in [5.41, 5.74) is 1.94. The molecule has 0 aliphatic carbocycles. The van der Waals surface area contributed by atoms with Crippen LogP contribution in [0.4, 0.5) is 5.69 Å². The molecule has 4 heteroatoms. The molecule has 0 bridgehead atoms. The molecule has 0 fully saturated rings. The molecule has 2 N–H and O–H groups in total. The van der Waals surface area contributed by atoms with E-state index in [1.807, 2.05) is 36.1 Å². The highest BCUT2D eigenvalue weighted by atomic mass is 16.3. The van der Waals surface area contributed by atoms with Crippen LogP contribution < -0.4 is 5.32 Å². The van der Waals surface area contributed by atoms with Gasteiger partial charge in [-0.2, -0.15) is 0 Å². The number of aliphatic hydroxyl groups excluding tert-OH is 1. The lowest BCUT2D eigenvalue weighted by Crippen LogP contribution is -2.35. The van der Waals surface area contributed by atoms with Crippen molar-refractivity contribution in [1.82, 2.24) is 4.90 Å². The van der Waals surface area contributed by atoms with Gasteiger partial charge < -0.3 is 10.4 Å². The third-order valence-electron chi connectivity index (χ3n) is 2.51. The number of benzene rings is 1. The van der Waals surface area contributed by atoms with Gasteiger partial charge in [0.05, 0.1) is 13.2 Å². The number of amides is 1. The fraction of sp³-hybridized carbons (Fsp3) is 0.357. The molecule has 0 radical (unpaired) electrons. The van der Waals surface area contributed by atoms with E-state index < -0.39 is 0 Å². The Morgan fingerprint density at radius 3 is 2.67 bits per heavy atom. The van der Waals surface area contributed by atoms with E-state index >= 15 is 0 Å². The predicted octanol–water partition coefficient (Wildman–Crippen LogP) is 1.41. The molecule has 0 atom stereocenters. The van der Waals surface area contributed by atoms with E-state index in [0.29, 0.717) is 13.1 Å². The molecule has 0 aliphatic rings. The van der Waals surface area contributed by atoms with Gasteiger partial charge in [0, 0.05) is 18.8 Å². The molecule has 0 aromatic heterocycles. The largest absolute Gasteiger partial charge is 0.395 e. The Labute approximate surface area is 108 Å². The minimum Gasteiger partial charge on any atom is -0.395 e. The predicted molar refractivity (Wildman–Crippen MR) is 73.5 cm³/mol. The molecule has 1 aromatic carbocycles. The van der Waals surface area contributed by atoms with Crippen LogP contribution in [-0.4, -0.2) is 42.2 Å². The van der Waals surface area contributed by atoms with Crippen molar-refractivity contribution < 1.29 is 9.90 Å². The van der Waals surface area contributed by atoms with Crippen molar-refractivity contribution >= 4 is 11.6 Å². The van der Waals surface area contributed by atoms with Gasteiger partial charge in [0.25, 0.3) is 0 Å². The normalized spacial score (nSPS) is 10.4. The molecule has 0 heterocycles. The molecular weight excluding hydrogens is 228 g/mol. The van der Waals surface area contributed by atoms with E-state index in [4.69, 9.17) is 5.11 Å². The van der Waals surface area contributed by atoms with Crippen LogP contribution in [0.25, 0.3) is 0 Å². The molecule has 98 valence electrons. The van der Waals surface area contributed by atoms with Crippen LogP contribution in [0.3, 0.4) is 0 Å². The van der Waals surface area contributed by atoms with Crippen molar-refractivity contribution in [3.63, 3.8) is 0 Å². The summed E-state index contributed by atoms with van der Waals surface area (Å²) < 4.78 is 0. The monoisotopic (exact) mass is 248 g/mol. The Morgan fingerprint density at radius 2 is 2.11 bits per heavy atom. The fourth-order valence-corrected chi connectivity index (χ4v) is 1.60. The van der Waals surface area contributed by atoms with Crippen molar-refractivity contribution in [3.05, 3.63) is 42.5 Å². The number of aryl methyl sites for hydroxylation is 1. The minimum absolute atomic E-state index is 0.0334. The second-order valence-electron chi connectivity index (χ2n) is 4.16.